The van der Waals surface area contributed by atoms with Crippen LogP contribution in [0.3, 0.4) is 0 Å². The van der Waals surface area contributed by atoms with Gasteiger partial charge in [-0.1, -0.05) is 20.3 Å². The molecule has 5 heteroatoms. The van der Waals surface area contributed by atoms with Crippen molar-refractivity contribution in [3.8, 4) is 0 Å². The van der Waals surface area contributed by atoms with E-state index in [4.69, 9.17) is 5.11 Å². The fourth-order valence-corrected chi connectivity index (χ4v) is 1.41. The Morgan fingerprint density at radius 3 is 2.61 bits per heavy atom. The lowest BCUT2D eigenvalue weighted by atomic mass is 10.0. The number of rotatable bonds is 5. The molecule has 1 amide bonds. The average Bonchev–Trinajstić information content (AvgIpc) is 2.31. The molecule has 0 aliphatic carbocycles. The Hall–Kier alpha value is -1.91. The average molecular weight is 253 g/mol. The van der Waals surface area contributed by atoms with E-state index in [1.54, 1.807) is 0 Å². The molecule has 1 atom stereocenters. The first kappa shape index (κ1) is 14.2. The van der Waals surface area contributed by atoms with Crippen LogP contribution in [0.15, 0.2) is 18.2 Å². The lowest BCUT2D eigenvalue weighted by Gasteiger charge is -2.10. The molecule has 0 spiro atoms. The van der Waals surface area contributed by atoms with Gasteiger partial charge in [-0.25, -0.2) is 9.18 Å². The second-order valence-electron chi connectivity index (χ2n) is 4.27. The van der Waals surface area contributed by atoms with Crippen LogP contribution in [-0.2, 0) is 4.79 Å². The Bertz CT molecular complexity index is 460. The minimum atomic E-state index is -1.20. The van der Waals surface area contributed by atoms with E-state index < -0.39 is 11.8 Å². The zero-order valence-corrected chi connectivity index (χ0v) is 10.4. The van der Waals surface area contributed by atoms with Crippen molar-refractivity contribution in [2.75, 3.05) is 5.32 Å². The van der Waals surface area contributed by atoms with Crippen molar-refractivity contribution < 1.29 is 19.1 Å². The fraction of sp³-hybridized carbons (Fsp3) is 0.385. The van der Waals surface area contributed by atoms with Crippen LogP contribution in [0, 0.1) is 11.7 Å². The lowest BCUT2D eigenvalue weighted by Crippen LogP contribution is -2.16. The Kier molecular flexibility index (Phi) is 4.83. The van der Waals surface area contributed by atoms with E-state index in [0.717, 1.165) is 12.5 Å². The lowest BCUT2D eigenvalue weighted by molar-refractivity contribution is -0.117. The Morgan fingerprint density at radius 2 is 2.11 bits per heavy atom. The topological polar surface area (TPSA) is 66.4 Å². The van der Waals surface area contributed by atoms with Gasteiger partial charge in [0.05, 0.1) is 11.3 Å². The Balaban J connectivity index is 2.74. The second-order valence-corrected chi connectivity index (χ2v) is 4.27. The third kappa shape index (κ3) is 3.84. The number of carbonyl (C=O) groups excluding carboxylic acids is 1. The van der Waals surface area contributed by atoms with Crippen LogP contribution in [0.25, 0.3) is 0 Å². The van der Waals surface area contributed by atoms with Gasteiger partial charge in [-0.3, -0.25) is 4.79 Å². The van der Waals surface area contributed by atoms with Gasteiger partial charge in [0.25, 0.3) is 0 Å². The van der Waals surface area contributed by atoms with Crippen molar-refractivity contribution in [3.05, 3.63) is 29.6 Å². The summed E-state index contributed by atoms with van der Waals surface area (Å²) >= 11 is 0. The van der Waals surface area contributed by atoms with Crippen molar-refractivity contribution in [1.29, 1.82) is 0 Å². The molecular weight excluding hydrogens is 237 g/mol. The first-order chi connectivity index (χ1) is 8.43. The molecule has 98 valence electrons. The number of amides is 1. The molecule has 1 aromatic carbocycles. The van der Waals surface area contributed by atoms with Gasteiger partial charge in [-0.2, -0.15) is 0 Å². The number of halogens is 1. The summed E-state index contributed by atoms with van der Waals surface area (Å²) in [6.07, 6.45) is 1.18. The van der Waals surface area contributed by atoms with Crippen molar-refractivity contribution in [2.45, 2.75) is 26.7 Å². The number of carboxylic acid groups (broad SMARTS) is 1. The van der Waals surface area contributed by atoms with Crippen LogP contribution < -0.4 is 5.32 Å². The summed E-state index contributed by atoms with van der Waals surface area (Å²) in [5.74, 6) is -1.99. The summed E-state index contributed by atoms with van der Waals surface area (Å²) < 4.78 is 13.5. The zero-order valence-electron chi connectivity index (χ0n) is 10.4. The van der Waals surface area contributed by atoms with Crippen LogP contribution in [-0.4, -0.2) is 17.0 Å². The third-order valence-corrected chi connectivity index (χ3v) is 2.72. The first-order valence-corrected chi connectivity index (χ1v) is 5.76. The summed E-state index contributed by atoms with van der Waals surface area (Å²) in [6.45, 7) is 3.91. The maximum Gasteiger partial charge on any atom is 0.335 e. The van der Waals surface area contributed by atoms with Gasteiger partial charge < -0.3 is 10.4 Å². The number of hydrogen-bond donors (Lipinski definition) is 2. The highest BCUT2D eigenvalue weighted by Gasteiger charge is 2.12. The summed E-state index contributed by atoms with van der Waals surface area (Å²) in [6, 6.07) is 3.40. The molecule has 1 rings (SSSR count). The molecule has 4 nitrogen and oxygen atoms in total. The molecule has 0 aliphatic rings. The smallest absolute Gasteiger partial charge is 0.335 e. The van der Waals surface area contributed by atoms with Gasteiger partial charge >= 0.3 is 5.97 Å². The van der Waals surface area contributed by atoms with E-state index >= 15 is 0 Å². The summed E-state index contributed by atoms with van der Waals surface area (Å²) in [5.41, 5.74) is -0.138. The maximum atomic E-state index is 13.5. The standard InChI is InChI=1S/C13H16FNO3/c1-3-8(2)6-12(16)15-11-5-4-9(13(17)18)7-10(11)14/h4-5,7-8H,3,6H2,1-2H3,(H,15,16)(H,17,18). The number of aromatic carboxylic acids is 1. The van der Waals surface area contributed by atoms with Crippen LogP contribution >= 0.6 is 0 Å². The Labute approximate surface area is 105 Å². The van der Waals surface area contributed by atoms with Crippen molar-refractivity contribution >= 4 is 17.6 Å². The molecule has 0 bridgehead atoms. The fourth-order valence-electron chi connectivity index (χ4n) is 1.41. The van der Waals surface area contributed by atoms with Crippen molar-refractivity contribution in [3.63, 3.8) is 0 Å². The molecule has 0 aliphatic heterocycles. The van der Waals surface area contributed by atoms with Crippen LogP contribution in [0.2, 0.25) is 0 Å². The van der Waals surface area contributed by atoms with E-state index in [0.29, 0.717) is 6.42 Å². The molecule has 0 fully saturated rings. The van der Waals surface area contributed by atoms with Gasteiger partial charge in [0, 0.05) is 6.42 Å². The number of carboxylic acids is 1. The number of hydrogen-bond acceptors (Lipinski definition) is 2. The van der Waals surface area contributed by atoms with Gasteiger partial charge in [-0.15, -0.1) is 0 Å². The molecule has 2 N–H and O–H groups in total. The summed E-state index contributed by atoms with van der Waals surface area (Å²) in [4.78, 5) is 22.2. The molecule has 0 heterocycles. The van der Waals surface area contributed by atoms with Gasteiger partial charge in [-0.05, 0) is 24.1 Å². The first-order valence-electron chi connectivity index (χ1n) is 5.76. The van der Waals surface area contributed by atoms with E-state index in [-0.39, 0.29) is 23.1 Å². The van der Waals surface area contributed by atoms with E-state index in [1.165, 1.54) is 12.1 Å². The molecular formula is C13H16FNO3. The highest BCUT2D eigenvalue weighted by atomic mass is 19.1. The monoisotopic (exact) mass is 253 g/mol. The summed E-state index contributed by atoms with van der Waals surface area (Å²) in [7, 11) is 0. The third-order valence-electron chi connectivity index (χ3n) is 2.72. The van der Waals surface area contributed by atoms with Crippen molar-refractivity contribution in [1.82, 2.24) is 0 Å². The van der Waals surface area contributed by atoms with Crippen molar-refractivity contribution in [2.24, 2.45) is 5.92 Å². The normalized spacial score (nSPS) is 11.9. The number of anilines is 1. The van der Waals surface area contributed by atoms with Crippen LogP contribution in [0.4, 0.5) is 10.1 Å². The molecule has 0 saturated carbocycles. The molecule has 1 aromatic rings. The summed E-state index contributed by atoms with van der Waals surface area (Å²) in [5, 5.41) is 11.1. The molecule has 0 saturated heterocycles. The van der Waals surface area contributed by atoms with Gasteiger partial charge in [0.1, 0.15) is 5.82 Å². The highest BCUT2D eigenvalue weighted by molar-refractivity contribution is 5.92. The highest BCUT2D eigenvalue weighted by Crippen LogP contribution is 2.17. The zero-order chi connectivity index (χ0) is 13.7. The van der Waals surface area contributed by atoms with Crippen LogP contribution in [0.1, 0.15) is 37.0 Å². The van der Waals surface area contributed by atoms with E-state index in [9.17, 15) is 14.0 Å². The SMILES string of the molecule is CCC(C)CC(=O)Nc1ccc(C(=O)O)cc1F. The number of carbonyl (C=O) groups is 2. The molecule has 18 heavy (non-hydrogen) atoms. The van der Waals surface area contributed by atoms with E-state index in [1.807, 2.05) is 13.8 Å². The van der Waals surface area contributed by atoms with Crippen LogP contribution in [0.5, 0.6) is 0 Å². The maximum absolute atomic E-state index is 13.5. The van der Waals surface area contributed by atoms with Gasteiger partial charge in [0.2, 0.25) is 5.91 Å². The predicted octanol–water partition coefficient (Wildman–Crippen LogP) is 2.90. The molecule has 0 aromatic heterocycles. The molecule has 1 unspecified atom stereocenters. The number of nitrogens with one attached hydrogen (secondary N) is 1. The predicted molar refractivity (Wildman–Crippen MR) is 66.1 cm³/mol. The quantitative estimate of drug-likeness (QED) is 0.847. The van der Waals surface area contributed by atoms with E-state index in [2.05, 4.69) is 5.32 Å². The largest absolute Gasteiger partial charge is 0.478 e. The second kappa shape index (κ2) is 6.14. The van der Waals surface area contributed by atoms with Gasteiger partial charge in [0.15, 0.2) is 0 Å². The minimum Gasteiger partial charge on any atom is -0.478 e. The minimum absolute atomic E-state index is 0.00769. The molecule has 0 radical (unpaired) electrons. The number of benzene rings is 1. The Morgan fingerprint density at radius 1 is 1.44 bits per heavy atom.